The molecule has 2 rings (SSSR count). The van der Waals surface area contributed by atoms with Gasteiger partial charge in [0, 0.05) is 18.5 Å². The van der Waals surface area contributed by atoms with Crippen LogP contribution in [0.15, 0.2) is 0 Å². The van der Waals surface area contributed by atoms with Crippen LogP contribution in [0.3, 0.4) is 0 Å². The maximum Gasteiger partial charge on any atom is 0.223 e. The molecule has 0 saturated heterocycles. The number of fused-ring (bicyclic) bond motifs is 1. The van der Waals surface area contributed by atoms with Gasteiger partial charge in [0.2, 0.25) is 5.91 Å². The first-order chi connectivity index (χ1) is 6.20. The minimum Gasteiger partial charge on any atom is -0.352 e. The van der Waals surface area contributed by atoms with Gasteiger partial charge in [-0.25, -0.2) is 0 Å². The molecule has 0 radical (unpaired) electrons. The van der Waals surface area contributed by atoms with Gasteiger partial charge in [0.05, 0.1) is 0 Å². The summed E-state index contributed by atoms with van der Waals surface area (Å²) in [7, 11) is 0. The molecule has 74 valence electrons. The lowest BCUT2D eigenvalue weighted by Crippen LogP contribution is -2.40. The van der Waals surface area contributed by atoms with Crippen molar-refractivity contribution in [1.82, 2.24) is 5.32 Å². The smallest absolute Gasteiger partial charge is 0.223 e. The van der Waals surface area contributed by atoms with Gasteiger partial charge in [0.25, 0.3) is 0 Å². The van der Waals surface area contributed by atoms with Crippen molar-refractivity contribution in [3.63, 3.8) is 0 Å². The van der Waals surface area contributed by atoms with Crippen molar-refractivity contribution in [3.05, 3.63) is 0 Å². The average molecular weight is 182 g/mol. The molecule has 13 heavy (non-hydrogen) atoms. The van der Waals surface area contributed by atoms with E-state index in [0.717, 1.165) is 24.7 Å². The summed E-state index contributed by atoms with van der Waals surface area (Å²) in [5, 5.41) is 2.95. The zero-order chi connectivity index (χ0) is 9.42. The molecule has 3 atom stereocenters. The Kier molecular flexibility index (Phi) is 2.28. The monoisotopic (exact) mass is 182 g/mol. The van der Waals surface area contributed by atoms with Crippen molar-refractivity contribution >= 4 is 5.91 Å². The van der Waals surface area contributed by atoms with Crippen LogP contribution in [0.4, 0.5) is 0 Å². The van der Waals surface area contributed by atoms with Crippen LogP contribution in [0.5, 0.6) is 0 Å². The van der Waals surface area contributed by atoms with Crippen molar-refractivity contribution in [3.8, 4) is 0 Å². The second kappa shape index (κ2) is 3.29. The molecule has 0 spiro atoms. The maximum atomic E-state index is 11.6. The summed E-state index contributed by atoms with van der Waals surface area (Å²) in [5.41, 5.74) is 5.44. The van der Waals surface area contributed by atoms with Crippen molar-refractivity contribution in [2.24, 2.45) is 23.5 Å². The van der Waals surface area contributed by atoms with Gasteiger partial charge in [-0.1, -0.05) is 0 Å². The van der Waals surface area contributed by atoms with E-state index >= 15 is 0 Å². The second-order valence-electron chi connectivity index (χ2n) is 4.57. The Balaban J connectivity index is 1.77. The van der Waals surface area contributed by atoms with E-state index in [-0.39, 0.29) is 17.9 Å². The molecule has 2 aliphatic rings. The molecule has 0 aromatic heterocycles. The Morgan fingerprint density at radius 2 is 2.08 bits per heavy atom. The molecule has 2 saturated carbocycles. The zero-order valence-corrected chi connectivity index (χ0v) is 8.12. The standard InChI is InChI=1S/C10H18N2O/c1-6(5-11)12-10(13)9-3-7-2-8(7)4-9/h6-9H,2-5,11H2,1H3,(H,12,13). The van der Waals surface area contributed by atoms with Crippen LogP contribution < -0.4 is 11.1 Å². The Morgan fingerprint density at radius 3 is 2.62 bits per heavy atom. The van der Waals surface area contributed by atoms with E-state index in [1.807, 2.05) is 6.92 Å². The topological polar surface area (TPSA) is 55.1 Å². The first-order valence-corrected chi connectivity index (χ1v) is 5.21. The minimum atomic E-state index is 0.129. The highest BCUT2D eigenvalue weighted by molar-refractivity contribution is 5.79. The van der Waals surface area contributed by atoms with Crippen molar-refractivity contribution in [2.75, 3.05) is 6.54 Å². The predicted octanol–water partition coefficient (Wildman–Crippen LogP) is 0.496. The fourth-order valence-electron chi connectivity index (χ4n) is 2.35. The SMILES string of the molecule is CC(CN)NC(=O)C1CC2CC2C1. The van der Waals surface area contributed by atoms with Gasteiger partial charge in [0.1, 0.15) is 0 Å². The molecule has 3 unspecified atom stereocenters. The Bertz CT molecular complexity index is 207. The number of carbonyl (C=O) groups excluding carboxylic acids is 1. The minimum absolute atomic E-state index is 0.129. The normalized spacial score (nSPS) is 38.2. The first-order valence-electron chi connectivity index (χ1n) is 5.21. The second-order valence-corrected chi connectivity index (χ2v) is 4.57. The van der Waals surface area contributed by atoms with Crippen molar-refractivity contribution < 1.29 is 4.79 Å². The third-order valence-corrected chi connectivity index (χ3v) is 3.36. The van der Waals surface area contributed by atoms with E-state index in [2.05, 4.69) is 5.32 Å². The van der Waals surface area contributed by atoms with Gasteiger partial charge < -0.3 is 11.1 Å². The number of nitrogens with one attached hydrogen (secondary N) is 1. The van der Waals surface area contributed by atoms with E-state index in [1.165, 1.54) is 6.42 Å². The summed E-state index contributed by atoms with van der Waals surface area (Å²) in [6, 6.07) is 0.129. The first kappa shape index (κ1) is 9.00. The Morgan fingerprint density at radius 1 is 1.46 bits per heavy atom. The number of rotatable bonds is 3. The number of hydrogen-bond donors (Lipinski definition) is 2. The summed E-state index contributed by atoms with van der Waals surface area (Å²) in [6.45, 7) is 2.49. The largest absolute Gasteiger partial charge is 0.352 e. The van der Waals surface area contributed by atoms with Crippen LogP contribution in [0.1, 0.15) is 26.2 Å². The molecule has 3 heteroatoms. The number of carbonyl (C=O) groups is 1. The fraction of sp³-hybridized carbons (Fsp3) is 0.900. The van der Waals surface area contributed by atoms with Crippen LogP contribution in [-0.4, -0.2) is 18.5 Å². The van der Waals surface area contributed by atoms with E-state index in [9.17, 15) is 4.79 Å². The molecule has 3 N–H and O–H groups in total. The van der Waals surface area contributed by atoms with Gasteiger partial charge >= 0.3 is 0 Å². The molecule has 2 fully saturated rings. The third kappa shape index (κ3) is 1.85. The van der Waals surface area contributed by atoms with Gasteiger partial charge in [-0.2, -0.15) is 0 Å². The zero-order valence-electron chi connectivity index (χ0n) is 8.12. The molecule has 0 aromatic carbocycles. The fourth-order valence-corrected chi connectivity index (χ4v) is 2.35. The molecule has 2 aliphatic carbocycles. The van der Waals surface area contributed by atoms with Crippen LogP contribution in [0.25, 0.3) is 0 Å². The molecule has 0 heterocycles. The van der Waals surface area contributed by atoms with Crippen molar-refractivity contribution in [2.45, 2.75) is 32.2 Å². The van der Waals surface area contributed by atoms with Crippen LogP contribution in [0, 0.1) is 17.8 Å². The van der Waals surface area contributed by atoms with Crippen LogP contribution in [-0.2, 0) is 4.79 Å². The molecule has 1 amide bonds. The molecule has 3 nitrogen and oxygen atoms in total. The molecular formula is C10H18N2O. The van der Waals surface area contributed by atoms with Gasteiger partial charge in [-0.15, -0.1) is 0 Å². The molecule has 0 aliphatic heterocycles. The highest BCUT2D eigenvalue weighted by atomic mass is 16.1. The van der Waals surface area contributed by atoms with Crippen LogP contribution in [0.2, 0.25) is 0 Å². The summed E-state index contributed by atoms with van der Waals surface area (Å²) in [6.07, 6.45) is 3.61. The summed E-state index contributed by atoms with van der Waals surface area (Å²) < 4.78 is 0. The summed E-state index contributed by atoms with van der Waals surface area (Å²) >= 11 is 0. The number of nitrogens with two attached hydrogens (primary N) is 1. The van der Waals surface area contributed by atoms with E-state index in [0.29, 0.717) is 6.54 Å². The highest BCUT2D eigenvalue weighted by Gasteiger charge is 2.47. The quantitative estimate of drug-likeness (QED) is 0.667. The predicted molar refractivity (Wildman–Crippen MR) is 51.0 cm³/mol. The maximum absolute atomic E-state index is 11.6. The lowest BCUT2D eigenvalue weighted by atomic mass is 10.0. The summed E-state index contributed by atoms with van der Waals surface area (Å²) in [5.74, 6) is 2.27. The molecule has 0 bridgehead atoms. The molecular weight excluding hydrogens is 164 g/mol. The van der Waals surface area contributed by atoms with E-state index < -0.39 is 0 Å². The highest BCUT2D eigenvalue weighted by Crippen LogP contribution is 2.54. The summed E-state index contributed by atoms with van der Waals surface area (Å²) in [4.78, 5) is 11.6. The van der Waals surface area contributed by atoms with Gasteiger partial charge in [0.15, 0.2) is 0 Å². The third-order valence-electron chi connectivity index (χ3n) is 3.36. The van der Waals surface area contributed by atoms with E-state index in [4.69, 9.17) is 5.73 Å². The number of hydrogen-bond acceptors (Lipinski definition) is 2. The Hall–Kier alpha value is -0.570. The number of amides is 1. The average Bonchev–Trinajstić information content (AvgIpc) is 2.73. The lowest BCUT2D eigenvalue weighted by molar-refractivity contribution is -0.125. The molecule has 0 aromatic rings. The Labute approximate surface area is 79.1 Å². The van der Waals surface area contributed by atoms with Gasteiger partial charge in [-0.3, -0.25) is 4.79 Å². The van der Waals surface area contributed by atoms with E-state index in [1.54, 1.807) is 0 Å². The van der Waals surface area contributed by atoms with Crippen LogP contribution >= 0.6 is 0 Å². The van der Waals surface area contributed by atoms with Crippen molar-refractivity contribution in [1.29, 1.82) is 0 Å². The lowest BCUT2D eigenvalue weighted by Gasteiger charge is -2.16. The van der Waals surface area contributed by atoms with Gasteiger partial charge in [-0.05, 0) is 38.0 Å².